The summed E-state index contributed by atoms with van der Waals surface area (Å²) in [4.78, 5) is 97.2. The minimum absolute atomic E-state index is 0.0190. The van der Waals surface area contributed by atoms with E-state index in [2.05, 4.69) is 99.0 Å². The van der Waals surface area contributed by atoms with Crippen LogP contribution in [0.2, 0.25) is 0 Å². The fraction of sp³-hybridized carbons (Fsp3) is 0.686. The van der Waals surface area contributed by atoms with Crippen LogP contribution in [0.3, 0.4) is 0 Å². The molecule has 3 rings (SSSR count). The molecule has 0 spiro atoms. The third-order valence-corrected chi connectivity index (χ3v) is 16.4. The highest BCUT2D eigenvalue weighted by Gasteiger charge is 2.47. The van der Waals surface area contributed by atoms with E-state index in [0.717, 1.165) is 73.9 Å². The van der Waals surface area contributed by atoms with Crippen molar-refractivity contribution in [1.82, 2.24) is 30.2 Å². The number of nitrogens with zero attached hydrogens (tertiary/aromatic N) is 4. The van der Waals surface area contributed by atoms with Gasteiger partial charge in [0, 0.05) is 37.1 Å². The topological polar surface area (TPSA) is 375 Å². The summed E-state index contributed by atoms with van der Waals surface area (Å²) in [5.41, 5.74) is 4.10. The first-order chi connectivity index (χ1) is 37.6. The Balaban J connectivity index is 1.18. The molecule has 6 N–H and O–H groups in total. The lowest BCUT2D eigenvalue weighted by molar-refractivity contribution is -0.347. The zero-order chi connectivity index (χ0) is 58.2. The molecule has 0 aliphatic carbocycles. The van der Waals surface area contributed by atoms with Gasteiger partial charge >= 0.3 is 0 Å². The number of carbonyl (C=O) groups is 3. The van der Waals surface area contributed by atoms with Crippen molar-refractivity contribution in [3.8, 4) is 0 Å². The fourth-order valence-corrected chi connectivity index (χ4v) is 11.5. The quantitative estimate of drug-likeness (QED) is 0.0281. The monoisotopic (exact) mass is 1190 g/mol. The van der Waals surface area contributed by atoms with E-state index in [1.54, 1.807) is 0 Å². The van der Waals surface area contributed by atoms with E-state index in [1.165, 1.54) is 90.9 Å². The second-order valence-electron chi connectivity index (χ2n) is 19.7. The summed E-state index contributed by atoms with van der Waals surface area (Å²) in [5, 5.41) is 26.6. The average Bonchev–Trinajstić information content (AvgIpc) is 4.12. The van der Waals surface area contributed by atoms with Gasteiger partial charge in [0.05, 0.1) is 27.4 Å². The molecule has 0 saturated carbocycles. The highest BCUT2D eigenvalue weighted by Crippen LogP contribution is 2.56. The molecule has 2 aromatic rings. The number of aliphatic hydroxyl groups excluding tert-OH is 2. The first kappa shape index (κ1) is 69.8. The standard InChI is InChI=1S/C51H86N7O17P3S/c1-4-5-6-7-8-9-10-11-12-13-14-15-16-17-18-19-20-21-22-23-24-25-26-27-28-29-30-31-42(60)79-35-34-53-41(59)32-33-54-49(63)46(62)51(2,3)37-72-78(69,70)75-77(67,68)71-36-40-45(74-76(64,65)66)44(61)50(73-40)58-39-57-43-47(52)55-38-56-48(43)58/h8-9,11-12,14-15,17-18,38-40,44-46,50,61-62H,4-7,10,13,16,19-37H2,1-3H3,(H,53,59)(H,54,63)(H,67,68)(H,69,70)(H2,52,55,56)(H2,64,65,66)/p-4/b9-8-,12-11-,15-14-,18-17-/t40-,44-,45-,46+,50-/m1/s1. The van der Waals surface area contributed by atoms with Crippen molar-refractivity contribution in [2.45, 2.75) is 186 Å². The normalized spacial score (nSPS) is 19.3. The second-order valence-corrected chi connectivity index (χ2v) is 24.9. The number of aliphatic hydroxyl groups is 2. The zero-order valence-corrected chi connectivity index (χ0v) is 49.2. The van der Waals surface area contributed by atoms with Crippen LogP contribution in [0, 0.1) is 5.41 Å². The number of nitrogen functional groups attached to an aromatic ring is 1. The van der Waals surface area contributed by atoms with Crippen molar-refractivity contribution in [3.63, 3.8) is 0 Å². The predicted octanol–water partition coefficient (Wildman–Crippen LogP) is 6.18. The average molecular weight is 1190 g/mol. The van der Waals surface area contributed by atoms with Gasteiger partial charge in [-0.25, -0.2) is 19.3 Å². The number of fused-ring (bicyclic) bond motifs is 1. The van der Waals surface area contributed by atoms with E-state index in [1.807, 2.05) is 0 Å². The van der Waals surface area contributed by atoms with Gasteiger partial charge in [-0.05, 0) is 51.4 Å². The lowest BCUT2D eigenvalue weighted by Crippen LogP contribution is -2.46. The third kappa shape index (κ3) is 29.4. The van der Waals surface area contributed by atoms with Gasteiger partial charge in [0.15, 0.2) is 22.8 Å². The molecule has 2 aromatic heterocycles. The van der Waals surface area contributed by atoms with Crippen molar-refractivity contribution in [1.29, 1.82) is 0 Å². The molecule has 3 heterocycles. The molecular weight excluding hydrogens is 1110 g/mol. The SMILES string of the molecule is CCCCC/C=C\C/C=C\C/C=C\C/C=C\CCCCCCCCCCCCCC(=O)SCCNC(=O)CCNC(=O)[C@H](O)C(C)(C)COP(=O)([O-])OP(=O)([O-])OC[C@H]1O[C@@H](n2cnc3c(N)ncnc32)[C@H](O)[C@@H]1OP(=O)([O-])[O-]. The van der Waals surface area contributed by atoms with Crippen LogP contribution in [0.5, 0.6) is 0 Å². The van der Waals surface area contributed by atoms with Crippen molar-refractivity contribution < 1.29 is 80.5 Å². The highest BCUT2D eigenvalue weighted by molar-refractivity contribution is 8.13. The molecule has 0 radical (unpaired) electrons. The van der Waals surface area contributed by atoms with Gasteiger partial charge in [0.2, 0.25) is 11.8 Å². The summed E-state index contributed by atoms with van der Waals surface area (Å²) >= 11 is 1.14. The Morgan fingerprint density at radius 2 is 1.34 bits per heavy atom. The number of carbonyl (C=O) groups excluding carboxylic acids is 3. The number of aromatic nitrogens is 4. The molecule has 0 bridgehead atoms. The Hall–Kier alpha value is -3.48. The predicted molar refractivity (Wildman–Crippen MR) is 293 cm³/mol. The summed E-state index contributed by atoms with van der Waals surface area (Å²) in [6, 6.07) is 0. The minimum Gasteiger partial charge on any atom is -0.790 e. The molecule has 1 saturated heterocycles. The fourth-order valence-electron chi connectivity index (χ4n) is 8.03. The molecule has 79 heavy (non-hydrogen) atoms. The van der Waals surface area contributed by atoms with Crippen LogP contribution < -0.4 is 35.9 Å². The number of anilines is 1. The van der Waals surface area contributed by atoms with Crippen molar-refractivity contribution in [3.05, 3.63) is 61.3 Å². The number of hydrogen-bond donors (Lipinski definition) is 5. The largest absolute Gasteiger partial charge is 0.790 e. The molecule has 7 atom stereocenters. The van der Waals surface area contributed by atoms with E-state index in [0.29, 0.717) is 12.2 Å². The molecule has 2 amide bonds. The summed E-state index contributed by atoms with van der Waals surface area (Å²) in [6.45, 7) is 2.40. The first-order valence-electron chi connectivity index (χ1n) is 27.1. The summed E-state index contributed by atoms with van der Waals surface area (Å²) in [6.07, 6.45) is 33.0. The molecule has 2 unspecified atom stereocenters. The Morgan fingerprint density at radius 3 is 1.94 bits per heavy atom. The van der Waals surface area contributed by atoms with Gasteiger partial charge in [-0.3, -0.25) is 28.1 Å². The second kappa shape index (κ2) is 37.6. The van der Waals surface area contributed by atoms with Crippen LogP contribution in [0.4, 0.5) is 5.82 Å². The number of imidazole rings is 1. The number of phosphoric ester groups is 3. The van der Waals surface area contributed by atoms with Crippen LogP contribution in [-0.4, -0.2) is 103 Å². The summed E-state index contributed by atoms with van der Waals surface area (Å²) in [7, 11) is -17.6. The third-order valence-electron chi connectivity index (χ3n) is 12.4. The van der Waals surface area contributed by atoms with Crippen LogP contribution >= 0.6 is 35.2 Å². The maximum Gasteiger partial charge on any atom is 0.274 e. The maximum atomic E-state index is 12.7. The molecular formula is C51H82N7O17P3S-4. The zero-order valence-electron chi connectivity index (χ0n) is 45.7. The van der Waals surface area contributed by atoms with E-state index in [9.17, 15) is 57.9 Å². The number of rotatable bonds is 43. The number of amides is 2. The number of allylic oxidation sites excluding steroid dienone is 8. The van der Waals surface area contributed by atoms with E-state index < -0.39 is 84.6 Å². The molecule has 0 aromatic carbocycles. The Kier molecular flexibility index (Phi) is 33.2. The number of hydrogen-bond acceptors (Lipinski definition) is 22. The maximum absolute atomic E-state index is 12.7. The smallest absolute Gasteiger partial charge is 0.274 e. The van der Waals surface area contributed by atoms with E-state index in [-0.39, 0.29) is 41.6 Å². The number of unbranched alkanes of at least 4 members (excludes halogenated alkanes) is 14. The molecule has 448 valence electrons. The lowest BCUT2D eigenvalue weighted by atomic mass is 9.87. The first-order valence-corrected chi connectivity index (χ1v) is 32.5. The Bertz CT molecular complexity index is 2400. The molecule has 1 fully saturated rings. The van der Waals surface area contributed by atoms with E-state index >= 15 is 0 Å². The number of thioether (sulfide) groups is 1. The number of nitrogens with two attached hydrogens (primary N) is 1. The minimum atomic E-state index is -5.93. The van der Waals surface area contributed by atoms with Crippen molar-refractivity contribution in [2.75, 3.05) is 37.8 Å². The number of phosphoric acid groups is 3. The molecule has 24 nitrogen and oxygen atoms in total. The molecule has 1 aliphatic heterocycles. The van der Waals surface area contributed by atoms with Gasteiger partial charge in [0.1, 0.15) is 36.3 Å². The van der Waals surface area contributed by atoms with Crippen LogP contribution in [0.25, 0.3) is 11.2 Å². The van der Waals surface area contributed by atoms with Crippen LogP contribution in [0.15, 0.2) is 61.3 Å². The van der Waals surface area contributed by atoms with Crippen molar-refractivity contribution >= 4 is 69.1 Å². The van der Waals surface area contributed by atoms with Gasteiger partial charge in [0.25, 0.3) is 15.6 Å². The summed E-state index contributed by atoms with van der Waals surface area (Å²) < 4.78 is 61.0. The van der Waals surface area contributed by atoms with Gasteiger partial charge in [-0.1, -0.05) is 152 Å². The van der Waals surface area contributed by atoms with Crippen molar-refractivity contribution in [2.24, 2.45) is 5.41 Å². The molecule has 28 heteroatoms. The highest BCUT2D eigenvalue weighted by atomic mass is 32.2. The Labute approximate surface area is 468 Å². The Morgan fingerprint density at radius 1 is 0.785 bits per heavy atom. The number of nitrogens with one attached hydrogen (secondary N) is 2. The molecule has 1 aliphatic rings. The van der Waals surface area contributed by atoms with Gasteiger partial charge in [-0.2, -0.15) is 0 Å². The lowest BCUT2D eigenvalue weighted by Gasteiger charge is -2.36. The summed E-state index contributed by atoms with van der Waals surface area (Å²) in [5.74, 6) is -1.14. The number of ether oxygens (including phenoxy) is 1. The van der Waals surface area contributed by atoms with Gasteiger partial charge < -0.3 is 69.0 Å². The van der Waals surface area contributed by atoms with Crippen LogP contribution in [-0.2, 0) is 50.7 Å². The van der Waals surface area contributed by atoms with Gasteiger partial charge in [-0.15, -0.1) is 0 Å². The van der Waals surface area contributed by atoms with Crippen LogP contribution in [0.1, 0.15) is 162 Å². The van der Waals surface area contributed by atoms with E-state index in [4.69, 9.17) is 10.5 Å².